The van der Waals surface area contributed by atoms with Crippen LogP contribution in [0.4, 0.5) is 0 Å². The Bertz CT molecular complexity index is 462. The maximum atomic E-state index is 11.2. The highest BCUT2D eigenvalue weighted by atomic mass is 16.5. The minimum atomic E-state index is -0.700. The second-order valence-corrected chi connectivity index (χ2v) is 6.34. The van der Waals surface area contributed by atoms with Crippen molar-refractivity contribution in [3.05, 3.63) is 11.7 Å². The largest absolute Gasteiger partial charge is 0.481 e. The van der Waals surface area contributed by atoms with E-state index in [2.05, 4.69) is 28.9 Å². The molecule has 1 fully saturated rings. The third kappa shape index (κ3) is 3.56. The van der Waals surface area contributed by atoms with Crippen LogP contribution < -0.4 is 0 Å². The lowest BCUT2D eigenvalue weighted by molar-refractivity contribution is -0.150. The predicted octanol–water partition coefficient (Wildman–Crippen LogP) is 1.95. The van der Waals surface area contributed by atoms with Crippen LogP contribution in [0.15, 0.2) is 4.52 Å². The van der Waals surface area contributed by atoms with Crippen LogP contribution in [-0.2, 0) is 17.8 Å². The van der Waals surface area contributed by atoms with Gasteiger partial charge in [0, 0.05) is 6.42 Å². The van der Waals surface area contributed by atoms with Crippen molar-refractivity contribution in [1.29, 1.82) is 0 Å². The van der Waals surface area contributed by atoms with E-state index in [0.29, 0.717) is 31.2 Å². The molecule has 2 heterocycles. The number of hydrogen-bond donors (Lipinski definition) is 1. The topological polar surface area (TPSA) is 79.5 Å². The third-order valence-corrected chi connectivity index (χ3v) is 3.94. The molecule has 1 aromatic rings. The number of aromatic nitrogens is 2. The van der Waals surface area contributed by atoms with Crippen molar-refractivity contribution < 1.29 is 14.4 Å². The van der Waals surface area contributed by atoms with Gasteiger partial charge in [-0.15, -0.1) is 0 Å². The molecule has 0 saturated carbocycles. The highest BCUT2D eigenvalue weighted by molar-refractivity contribution is 5.74. The number of rotatable bonds is 5. The summed E-state index contributed by atoms with van der Waals surface area (Å²) < 4.78 is 5.25. The molecule has 0 aliphatic carbocycles. The summed E-state index contributed by atoms with van der Waals surface area (Å²) in [6.45, 7) is 8.18. The molecule has 6 heteroatoms. The van der Waals surface area contributed by atoms with E-state index in [1.54, 1.807) is 0 Å². The van der Waals surface area contributed by atoms with E-state index in [4.69, 9.17) is 4.52 Å². The highest BCUT2D eigenvalue weighted by Crippen LogP contribution is 2.31. The summed E-state index contributed by atoms with van der Waals surface area (Å²) in [7, 11) is 0. The van der Waals surface area contributed by atoms with E-state index in [9.17, 15) is 9.90 Å². The van der Waals surface area contributed by atoms with E-state index < -0.39 is 11.4 Å². The molecule has 2 rings (SSSR count). The Morgan fingerprint density at radius 3 is 2.65 bits per heavy atom. The summed E-state index contributed by atoms with van der Waals surface area (Å²) in [6.07, 6.45) is 2.14. The first-order valence-corrected chi connectivity index (χ1v) is 7.16. The number of carboxylic acid groups (broad SMARTS) is 1. The Balaban J connectivity index is 1.86. The summed E-state index contributed by atoms with van der Waals surface area (Å²) in [6, 6.07) is 0. The second-order valence-electron chi connectivity index (χ2n) is 6.34. The zero-order valence-electron chi connectivity index (χ0n) is 12.4. The first-order valence-electron chi connectivity index (χ1n) is 7.16. The van der Waals surface area contributed by atoms with Gasteiger partial charge in [-0.05, 0) is 38.8 Å². The highest BCUT2D eigenvalue weighted by Gasteiger charge is 2.37. The Hall–Kier alpha value is -1.43. The van der Waals surface area contributed by atoms with Crippen LogP contribution in [0.2, 0.25) is 0 Å². The molecule has 0 aromatic carbocycles. The monoisotopic (exact) mass is 281 g/mol. The van der Waals surface area contributed by atoms with E-state index in [0.717, 1.165) is 25.3 Å². The number of nitrogens with zero attached hydrogens (tertiary/aromatic N) is 3. The predicted molar refractivity (Wildman–Crippen MR) is 73.1 cm³/mol. The van der Waals surface area contributed by atoms with Gasteiger partial charge in [-0.25, -0.2) is 0 Å². The molecule has 1 aliphatic rings. The Labute approximate surface area is 119 Å². The van der Waals surface area contributed by atoms with Crippen molar-refractivity contribution in [1.82, 2.24) is 15.0 Å². The number of likely N-dealkylation sites (tertiary alicyclic amines) is 1. The zero-order chi connectivity index (χ0) is 14.8. The van der Waals surface area contributed by atoms with Crippen LogP contribution in [0.5, 0.6) is 0 Å². The molecule has 1 N–H and O–H groups in total. The van der Waals surface area contributed by atoms with Crippen molar-refractivity contribution in [2.24, 2.45) is 11.3 Å². The van der Waals surface area contributed by atoms with Gasteiger partial charge in [0.25, 0.3) is 0 Å². The van der Waals surface area contributed by atoms with Gasteiger partial charge in [0.05, 0.1) is 12.0 Å². The molecule has 1 saturated heterocycles. The van der Waals surface area contributed by atoms with Crippen LogP contribution in [0.3, 0.4) is 0 Å². The molecule has 0 bridgehead atoms. The maximum absolute atomic E-state index is 11.2. The Kier molecular flexibility index (Phi) is 4.42. The lowest BCUT2D eigenvalue weighted by Gasteiger charge is -2.35. The van der Waals surface area contributed by atoms with Crippen LogP contribution in [0.25, 0.3) is 0 Å². The molecule has 1 aliphatic heterocycles. The summed E-state index contributed by atoms with van der Waals surface area (Å²) in [5.74, 6) is 1.18. The lowest BCUT2D eigenvalue weighted by atomic mass is 9.80. The van der Waals surface area contributed by atoms with Crippen molar-refractivity contribution in [3.63, 3.8) is 0 Å². The molecule has 0 spiro atoms. The first-order chi connectivity index (χ1) is 9.39. The van der Waals surface area contributed by atoms with Crippen LogP contribution in [0.1, 0.15) is 45.3 Å². The van der Waals surface area contributed by atoms with Gasteiger partial charge in [0.1, 0.15) is 0 Å². The second kappa shape index (κ2) is 5.91. The van der Waals surface area contributed by atoms with Crippen molar-refractivity contribution in [2.45, 2.75) is 46.6 Å². The molecule has 20 heavy (non-hydrogen) atoms. The average molecular weight is 281 g/mol. The smallest absolute Gasteiger partial charge is 0.309 e. The Morgan fingerprint density at radius 1 is 1.45 bits per heavy atom. The summed E-state index contributed by atoms with van der Waals surface area (Å²) >= 11 is 0. The maximum Gasteiger partial charge on any atom is 0.309 e. The molecule has 6 nitrogen and oxygen atoms in total. The molecular weight excluding hydrogens is 258 g/mol. The summed E-state index contributed by atoms with van der Waals surface area (Å²) in [4.78, 5) is 17.7. The quantitative estimate of drug-likeness (QED) is 0.888. The summed E-state index contributed by atoms with van der Waals surface area (Å²) in [5.41, 5.74) is -0.589. The zero-order valence-corrected chi connectivity index (χ0v) is 12.4. The molecule has 112 valence electrons. The van der Waals surface area contributed by atoms with Crippen molar-refractivity contribution >= 4 is 5.97 Å². The van der Waals surface area contributed by atoms with Crippen LogP contribution >= 0.6 is 0 Å². The van der Waals surface area contributed by atoms with Crippen LogP contribution in [0, 0.1) is 11.3 Å². The molecule has 0 unspecified atom stereocenters. The van der Waals surface area contributed by atoms with Gasteiger partial charge in [-0.1, -0.05) is 19.0 Å². The lowest BCUT2D eigenvalue weighted by Crippen LogP contribution is -2.42. The number of piperidine rings is 1. The van der Waals surface area contributed by atoms with Gasteiger partial charge in [0.2, 0.25) is 5.89 Å². The Morgan fingerprint density at radius 2 is 2.10 bits per heavy atom. The fraction of sp³-hybridized carbons (Fsp3) is 0.786. The van der Waals surface area contributed by atoms with E-state index in [1.807, 2.05) is 6.92 Å². The first kappa shape index (κ1) is 15.0. The number of carboxylic acids is 1. The SMILES string of the molecule is CC(C)Cc1noc(CN2CCC(C)(C(=O)O)CC2)n1. The third-order valence-electron chi connectivity index (χ3n) is 3.94. The fourth-order valence-electron chi connectivity index (χ4n) is 2.41. The number of carbonyl (C=O) groups is 1. The number of hydrogen-bond acceptors (Lipinski definition) is 5. The van der Waals surface area contributed by atoms with E-state index in [-0.39, 0.29) is 0 Å². The average Bonchev–Trinajstić information content (AvgIpc) is 2.78. The van der Waals surface area contributed by atoms with Crippen molar-refractivity contribution in [3.8, 4) is 0 Å². The van der Waals surface area contributed by atoms with Gasteiger partial charge in [0.15, 0.2) is 5.82 Å². The van der Waals surface area contributed by atoms with Crippen molar-refractivity contribution in [2.75, 3.05) is 13.1 Å². The minimum Gasteiger partial charge on any atom is -0.481 e. The summed E-state index contributed by atoms with van der Waals surface area (Å²) in [5, 5.41) is 13.2. The van der Waals surface area contributed by atoms with Gasteiger partial charge >= 0.3 is 5.97 Å². The molecular formula is C14H23N3O3. The standard InChI is InChI=1S/C14H23N3O3/c1-10(2)8-11-15-12(20-16-11)9-17-6-4-14(3,5-7-17)13(18)19/h10H,4-9H2,1-3H3,(H,18,19). The van der Waals surface area contributed by atoms with Gasteiger partial charge in [-0.2, -0.15) is 4.98 Å². The number of aliphatic carboxylic acids is 1. The molecule has 0 radical (unpaired) electrons. The van der Waals surface area contributed by atoms with E-state index >= 15 is 0 Å². The van der Waals surface area contributed by atoms with Gasteiger partial charge < -0.3 is 9.63 Å². The van der Waals surface area contributed by atoms with Gasteiger partial charge in [-0.3, -0.25) is 9.69 Å². The van der Waals surface area contributed by atoms with E-state index in [1.165, 1.54) is 0 Å². The van der Waals surface area contributed by atoms with Crippen LogP contribution in [-0.4, -0.2) is 39.2 Å². The molecule has 0 atom stereocenters. The molecule has 0 amide bonds. The normalized spacial score (nSPS) is 19.4. The fourth-order valence-corrected chi connectivity index (χ4v) is 2.41. The minimum absolute atomic E-state index is 0.506. The molecule has 1 aromatic heterocycles.